The van der Waals surface area contributed by atoms with Gasteiger partial charge in [0.15, 0.2) is 11.5 Å². The van der Waals surface area contributed by atoms with Gasteiger partial charge in [-0.1, -0.05) is 36.1 Å². The van der Waals surface area contributed by atoms with Gasteiger partial charge in [0, 0.05) is 5.56 Å². The topological polar surface area (TPSA) is 47.6 Å². The number of hydrogen-bond acceptors (Lipinski definition) is 5. The molecule has 21 heavy (non-hydrogen) atoms. The lowest BCUT2D eigenvalue weighted by Crippen LogP contribution is -2.17. The van der Waals surface area contributed by atoms with Crippen molar-refractivity contribution in [2.75, 3.05) is 6.61 Å². The SMILES string of the molecule is CCOc1cccc(C=C2SC(=S)NC2=O)c1OC(F)F. The molecule has 0 saturated carbocycles. The van der Waals surface area contributed by atoms with Crippen molar-refractivity contribution in [3.8, 4) is 11.5 Å². The summed E-state index contributed by atoms with van der Waals surface area (Å²) in [6.07, 6.45) is 1.44. The van der Waals surface area contributed by atoms with Crippen LogP contribution in [0.2, 0.25) is 0 Å². The van der Waals surface area contributed by atoms with Crippen LogP contribution in [0.3, 0.4) is 0 Å². The molecule has 1 aliphatic rings. The number of thioether (sulfide) groups is 1. The first-order chi connectivity index (χ1) is 10.0. The van der Waals surface area contributed by atoms with Crippen LogP contribution in [0.15, 0.2) is 23.1 Å². The van der Waals surface area contributed by atoms with E-state index in [1.807, 2.05) is 0 Å². The van der Waals surface area contributed by atoms with E-state index in [2.05, 4.69) is 10.1 Å². The third kappa shape index (κ3) is 3.92. The number of para-hydroxylation sites is 1. The summed E-state index contributed by atoms with van der Waals surface area (Å²) >= 11 is 5.94. The fourth-order valence-electron chi connectivity index (χ4n) is 1.69. The van der Waals surface area contributed by atoms with Gasteiger partial charge in [-0.2, -0.15) is 8.78 Å². The molecular formula is C13H11F2NO3S2. The third-order valence-electron chi connectivity index (χ3n) is 2.44. The first-order valence-corrected chi connectivity index (χ1v) is 7.19. The number of alkyl halides is 2. The lowest BCUT2D eigenvalue weighted by atomic mass is 10.1. The molecular weight excluding hydrogens is 320 g/mol. The summed E-state index contributed by atoms with van der Waals surface area (Å²) in [4.78, 5) is 11.9. The molecule has 0 bridgehead atoms. The van der Waals surface area contributed by atoms with E-state index in [4.69, 9.17) is 17.0 Å². The number of thiocarbonyl (C=S) groups is 1. The van der Waals surface area contributed by atoms with Gasteiger partial charge >= 0.3 is 6.61 Å². The number of amides is 1. The molecule has 0 radical (unpaired) electrons. The average molecular weight is 331 g/mol. The van der Waals surface area contributed by atoms with Crippen LogP contribution in [0, 0.1) is 0 Å². The van der Waals surface area contributed by atoms with E-state index in [9.17, 15) is 13.6 Å². The highest BCUT2D eigenvalue weighted by atomic mass is 32.2. The Morgan fingerprint density at radius 2 is 2.24 bits per heavy atom. The molecule has 1 aliphatic heterocycles. The van der Waals surface area contributed by atoms with E-state index < -0.39 is 6.61 Å². The van der Waals surface area contributed by atoms with Gasteiger partial charge < -0.3 is 14.8 Å². The maximum absolute atomic E-state index is 12.6. The second-order valence-corrected chi connectivity index (χ2v) is 5.56. The minimum Gasteiger partial charge on any atom is -0.490 e. The average Bonchev–Trinajstić information content (AvgIpc) is 2.71. The molecule has 1 fully saturated rings. The van der Waals surface area contributed by atoms with Gasteiger partial charge in [0.25, 0.3) is 5.91 Å². The van der Waals surface area contributed by atoms with E-state index in [1.54, 1.807) is 19.1 Å². The Morgan fingerprint density at radius 1 is 1.48 bits per heavy atom. The summed E-state index contributed by atoms with van der Waals surface area (Å²) in [5.41, 5.74) is 0.323. The highest BCUT2D eigenvalue weighted by Crippen LogP contribution is 2.36. The predicted molar refractivity (Wildman–Crippen MR) is 80.6 cm³/mol. The maximum Gasteiger partial charge on any atom is 0.387 e. The number of halogens is 2. The zero-order valence-electron chi connectivity index (χ0n) is 10.9. The van der Waals surface area contributed by atoms with Crippen molar-refractivity contribution in [2.45, 2.75) is 13.5 Å². The fourth-order valence-corrected chi connectivity index (χ4v) is 2.73. The van der Waals surface area contributed by atoms with Crippen molar-refractivity contribution in [1.82, 2.24) is 5.32 Å². The predicted octanol–water partition coefficient (Wildman–Crippen LogP) is 3.18. The molecule has 1 aromatic carbocycles. The molecule has 0 unspecified atom stereocenters. The highest BCUT2D eigenvalue weighted by Gasteiger charge is 2.23. The van der Waals surface area contributed by atoms with Crippen molar-refractivity contribution >= 4 is 40.3 Å². The number of nitrogens with one attached hydrogen (secondary N) is 1. The molecule has 0 atom stereocenters. The van der Waals surface area contributed by atoms with Crippen LogP contribution in [0.5, 0.6) is 11.5 Å². The minimum atomic E-state index is -2.99. The number of rotatable bonds is 5. The summed E-state index contributed by atoms with van der Waals surface area (Å²) in [6.45, 7) is -0.954. The normalized spacial score (nSPS) is 16.5. The van der Waals surface area contributed by atoms with Gasteiger partial charge in [0.1, 0.15) is 4.32 Å². The molecule has 112 valence electrons. The van der Waals surface area contributed by atoms with Gasteiger partial charge in [-0.3, -0.25) is 4.79 Å². The largest absolute Gasteiger partial charge is 0.490 e. The summed E-state index contributed by atoms with van der Waals surface area (Å²) in [6, 6.07) is 4.71. The summed E-state index contributed by atoms with van der Waals surface area (Å²) < 4.78 is 35.3. The first-order valence-electron chi connectivity index (χ1n) is 5.96. The third-order valence-corrected chi connectivity index (χ3v) is 3.61. The molecule has 1 heterocycles. The standard InChI is InChI=1S/C13H11F2NO3S2/c1-2-18-8-5-3-4-7(10(8)19-12(14)15)6-9-11(17)16-13(20)21-9/h3-6,12H,2H2,1H3,(H,16,17,20). The van der Waals surface area contributed by atoms with Gasteiger partial charge in [-0.25, -0.2) is 0 Å². The Balaban J connectivity index is 2.42. The van der Waals surface area contributed by atoms with E-state index in [0.29, 0.717) is 21.4 Å². The van der Waals surface area contributed by atoms with Crippen LogP contribution < -0.4 is 14.8 Å². The maximum atomic E-state index is 12.6. The number of ether oxygens (including phenoxy) is 2. The van der Waals surface area contributed by atoms with Gasteiger partial charge in [-0.15, -0.1) is 0 Å². The number of hydrogen-bond donors (Lipinski definition) is 1. The molecule has 0 spiro atoms. The van der Waals surface area contributed by atoms with Crippen molar-refractivity contribution in [3.05, 3.63) is 28.7 Å². The van der Waals surface area contributed by atoms with Crippen molar-refractivity contribution in [1.29, 1.82) is 0 Å². The Morgan fingerprint density at radius 3 is 2.81 bits per heavy atom. The Bertz CT molecular complexity index is 605. The van der Waals surface area contributed by atoms with Crippen LogP contribution in [0.1, 0.15) is 12.5 Å². The molecule has 1 N–H and O–H groups in total. The summed E-state index contributed by atoms with van der Waals surface area (Å²) in [7, 11) is 0. The number of carbonyl (C=O) groups is 1. The van der Waals surface area contributed by atoms with Crippen LogP contribution in [-0.4, -0.2) is 23.4 Å². The lowest BCUT2D eigenvalue weighted by Gasteiger charge is -2.13. The minimum absolute atomic E-state index is 0.104. The van der Waals surface area contributed by atoms with E-state index >= 15 is 0 Å². The number of carbonyl (C=O) groups excluding carboxylic acids is 1. The highest BCUT2D eigenvalue weighted by molar-refractivity contribution is 8.26. The van der Waals surface area contributed by atoms with Gasteiger partial charge in [-0.05, 0) is 19.1 Å². The monoisotopic (exact) mass is 331 g/mol. The Kier molecular flexibility index (Phi) is 5.13. The van der Waals surface area contributed by atoms with Crippen molar-refractivity contribution in [3.63, 3.8) is 0 Å². The van der Waals surface area contributed by atoms with E-state index in [1.165, 1.54) is 12.1 Å². The van der Waals surface area contributed by atoms with Crippen LogP contribution >= 0.6 is 24.0 Å². The van der Waals surface area contributed by atoms with E-state index in [-0.39, 0.29) is 17.4 Å². The quantitative estimate of drug-likeness (QED) is 0.663. The molecule has 0 aliphatic carbocycles. The molecule has 0 aromatic heterocycles. The smallest absolute Gasteiger partial charge is 0.387 e. The molecule has 4 nitrogen and oxygen atoms in total. The molecule has 2 rings (SSSR count). The Hall–Kier alpha value is -1.67. The molecule has 1 aromatic rings. The van der Waals surface area contributed by atoms with Gasteiger partial charge in [0.2, 0.25) is 0 Å². The zero-order chi connectivity index (χ0) is 15.4. The van der Waals surface area contributed by atoms with Crippen LogP contribution in [0.25, 0.3) is 6.08 Å². The molecule has 1 amide bonds. The Labute approximate surface area is 129 Å². The number of benzene rings is 1. The van der Waals surface area contributed by atoms with E-state index in [0.717, 1.165) is 11.8 Å². The van der Waals surface area contributed by atoms with Crippen molar-refractivity contribution < 1.29 is 23.0 Å². The first kappa shape index (κ1) is 15.7. The second-order valence-electron chi connectivity index (χ2n) is 3.84. The lowest BCUT2D eigenvalue weighted by molar-refractivity contribution is -0.115. The van der Waals surface area contributed by atoms with Crippen LogP contribution in [0.4, 0.5) is 8.78 Å². The second kappa shape index (κ2) is 6.86. The van der Waals surface area contributed by atoms with Crippen molar-refractivity contribution in [2.24, 2.45) is 0 Å². The van der Waals surface area contributed by atoms with Gasteiger partial charge in [0.05, 0.1) is 11.5 Å². The zero-order valence-corrected chi connectivity index (χ0v) is 12.5. The summed E-state index contributed by atoms with van der Waals surface area (Å²) in [5.74, 6) is -0.277. The fraction of sp³-hybridized carbons (Fsp3) is 0.231. The van der Waals surface area contributed by atoms with Crippen LogP contribution in [-0.2, 0) is 4.79 Å². The molecule has 8 heteroatoms. The summed E-state index contributed by atoms with van der Waals surface area (Å²) in [5, 5.41) is 2.45. The molecule has 1 saturated heterocycles.